The predicted octanol–water partition coefficient (Wildman–Crippen LogP) is 4.74. The molecule has 27 heavy (non-hydrogen) atoms. The van der Waals surface area contributed by atoms with Gasteiger partial charge in [-0.05, 0) is 65.2 Å². The highest BCUT2D eigenvalue weighted by Gasteiger charge is 2.34. The molecule has 1 saturated heterocycles. The summed E-state index contributed by atoms with van der Waals surface area (Å²) in [6.07, 6.45) is 2.38. The number of amides is 2. The smallest absolute Gasteiger partial charge is 0.282 e. The van der Waals surface area contributed by atoms with Crippen molar-refractivity contribution in [1.29, 1.82) is 0 Å². The van der Waals surface area contributed by atoms with Crippen LogP contribution in [0.25, 0.3) is 6.08 Å². The number of nitrogens with one attached hydrogen (secondary N) is 1. The normalized spacial score (nSPS) is 16.6. The summed E-state index contributed by atoms with van der Waals surface area (Å²) in [6, 6.07) is 12.4. The summed E-state index contributed by atoms with van der Waals surface area (Å²) in [7, 11) is 0. The van der Waals surface area contributed by atoms with E-state index in [4.69, 9.17) is 16.3 Å². The van der Waals surface area contributed by atoms with E-state index in [0.29, 0.717) is 26.5 Å². The number of para-hydroxylation sites is 1. The van der Waals surface area contributed by atoms with E-state index in [1.54, 1.807) is 36.4 Å². The lowest BCUT2D eigenvalue weighted by molar-refractivity contribution is -0.117. The number of hydrogen-bond acceptors (Lipinski definition) is 3. The first-order valence-corrected chi connectivity index (χ1v) is 9.65. The van der Waals surface area contributed by atoms with Gasteiger partial charge in [-0.2, -0.15) is 0 Å². The molecule has 0 aliphatic carbocycles. The third kappa shape index (κ3) is 4.17. The molecule has 140 valence electrons. The first-order chi connectivity index (χ1) is 12.9. The Morgan fingerprint density at radius 2 is 1.96 bits per heavy atom. The molecule has 7 heteroatoms. The molecule has 1 atom stereocenters. The highest BCUT2D eigenvalue weighted by atomic mass is 79.9. The molecule has 0 spiro atoms. The van der Waals surface area contributed by atoms with Crippen LogP contribution in [0.15, 0.2) is 52.5 Å². The first-order valence-electron chi connectivity index (χ1n) is 8.48. The van der Waals surface area contributed by atoms with Crippen molar-refractivity contribution in [2.75, 3.05) is 5.01 Å². The Kier molecular flexibility index (Phi) is 5.87. The van der Waals surface area contributed by atoms with Crippen LogP contribution in [0, 0.1) is 0 Å². The van der Waals surface area contributed by atoms with Crippen LogP contribution in [0.5, 0.6) is 5.75 Å². The minimum atomic E-state index is -0.462. The SMILES string of the molecule is CC[C@@H](C)Oc1c(Cl)cc(/C=C2/C(=O)NN(c3ccccc3)C2=O)cc1Br. The molecule has 3 rings (SSSR count). The molecule has 1 aliphatic heterocycles. The second-order valence-corrected chi connectivity index (χ2v) is 7.39. The van der Waals surface area contributed by atoms with Gasteiger partial charge in [-0.25, -0.2) is 5.01 Å². The minimum Gasteiger partial charge on any atom is -0.488 e. The van der Waals surface area contributed by atoms with Gasteiger partial charge in [0.15, 0.2) is 5.75 Å². The van der Waals surface area contributed by atoms with E-state index in [2.05, 4.69) is 21.4 Å². The van der Waals surface area contributed by atoms with Gasteiger partial charge in [0.2, 0.25) is 0 Å². The van der Waals surface area contributed by atoms with E-state index in [1.807, 2.05) is 19.9 Å². The van der Waals surface area contributed by atoms with Gasteiger partial charge < -0.3 is 4.74 Å². The molecule has 0 radical (unpaired) electrons. The minimum absolute atomic E-state index is 0.0182. The Morgan fingerprint density at radius 3 is 2.59 bits per heavy atom. The summed E-state index contributed by atoms with van der Waals surface area (Å²) in [4.78, 5) is 24.9. The molecule has 5 nitrogen and oxygen atoms in total. The maximum absolute atomic E-state index is 12.6. The second-order valence-electron chi connectivity index (χ2n) is 6.13. The summed E-state index contributed by atoms with van der Waals surface area (Å²) in [6.45, 7) is 3.98. The van der Waals surface area contributed by atoms with E-state index < -0.39 is 11.8 Å². The van der Waals surface area contributed by atoms with E-state index in [0.717, 1.165) is 6.42 Å². The van der Waals surface area contributed by atoms with Gasteiger partial charge in [0.25, 0.3) is 11.8 Å². The van der Waals surface area contributed by atoms with Crippen LogP contribution in [0.3, 0.4) is 0 Å². The van der Waals surface area contributed by atoms with Crippen molar-refractivity contribution in [3.63, 3.8) is 0 Å². The number of halogens is 2. The second kappa shape index (κ2) is 8.15. The van der Waals surface area contributed by atoms with Gasteiger partial charge in [0, 0.05) is 0 Å². The summed E-state index contributed by atoms with van der Waals surface area (Å²) in [5, 5.41) is 1.63. The molecule has 2 aromatic rings. The van der Waals surface area contributed by atoms with Crippen LogP contribution >= 0.6 is 27.5 Å². The molecular formula is C20H18BrClN2O3. The van der Waals surface area contributed by atoms with Crippen LogP contribution in [-0.4, -0.2) is 17.9 Å². The van der Waals surface area contributed by atoms with Gasteiger partial charge in [-0.15, -0.1) is 0 Å². The van der Waals surface area contributed by atoms with E-state index >= 15 is 0 Å². The number of carbonyl (C=O) groups excluding carboxylic acids is 2. The zero-order valence-corrected chi connectivity index (χ0v) is 17.2. The summed E-state index contributed by atoms with van der Waals surface area (Å²) >= 11 is 9.79. The van der Waals surface area contributed by atoms with Crippen LogP contribution in [0.4, 0.5) is 5.69 Å². The van der Waals surface area contributed by atoms with Crippen LogP contribution < -0.4 is 15.2 Å². The zero-order valence-electron chi connectivity index (χ0n) is 14.8. The fraction of sp³-hybridized carbons (Fsp3) is 0.200. The summed E-state index contributed by atoms with van der Waals surface area (Å²) in [5.41, 5.74) is 3.83. The maximum Gasteiger partial charge on any atom is 0.282 e. The average Bonchev–Trinajstić information content (AvgIpc) is 2.93. The maximum atomic E-state index is 12.6. The number of rotatable bonds is 5. The molecule has 1 heterocycles. The Labute approximate surface area is 171 Å². The van der Waals surface area contributed by atoms with Crippen molar-refractivity contribution in [3.8, 4) is 5.75 Å². The fourth-order valence-electron chi connectivity index (χ4n) is 2.54. The van der Waals surface area contributed by atoms with Crippen molar-refractivity contribution in [2.45, 2.75) is 26.4 Å². The average molecular weight is 450 g/mol. The highest BCUT2D eigenvalue weighted by Crippen LogP contribution is 2.36. The van der Waals surface area contributed by atoms with E-state index in [1.165, 1.54) is 11.1 Å². The molecule has 1 fully saturated rings. The molecule has 2 amide bonds. The van der Waals surface area contributed by atoms with E-state index in [9.17, 15) is 9.59 Å². The summed E-state index contributed by atoms with van der Waals surface area (Å²) in [5.74, 6) is -0.337. The Morgan fingerprint density at radius 1 is 1.26 bits per heavy atom. The van der Waals surface area contributed by atoms with Crippen molar-refractivity contribution in [3.05, 3.63) is 63.1 Å². The largest absolute Gasteiger partial charge is 0.488 e. The topological polar surface area (TPSA) is 58.6 Å². The van der Waals surface area contributed by atoms with Crippen molar-refractivity contribution < 1.29 is 14.3 Å². The molecule has 0 bridgehead atoms. The monoisotopic (exact) mass is 448 g/mol. The lowest BCUT2D eigenvalue weighted by Crippen LogP contribution is -2.35. The molecular weight excluding hydrogens is 432 g/mol. The number of benzene rings is 2. The Bertz CT molecular complexity index is 892. The Hall–Kier alpha value is -2.31. The van der Waals surface area contributed by atoms with Crippen LogP contribution in [-0.2, 0) is 9.59 Å². The number of nitrogens with zero attached hydrogens (tertiary/aromatic N) is 1. The predicted molar refractivity (Wildman–Crippen MR) is 110 cm³/mol. The van der Waals surface area contributed by atoms with Gasteiger partial charge >= 0.3 is 0 Å². The molecule has 0 unspecified atom stereocenters. The van der Waals surface area contributed by atoms with Gasteiger partial charge in [-0.1, -0.05) is 36.7 Å². The van der Waals surface area contributed by atoms with Crippen LogP contribution in [0.1, 0.15) is 25.8 Å². The van der Waals surface area contributed by atoms with Crippen molar-refractivity contribution in [2.24, 2.45) is 0 Å². The van der Waals surface area contributed by atoms with Crippen LogP contribution in [0.2, 0.25) is 5.02 Å². The highest BCUT2D eigenvalue weighted by molar-refractivity contribution is 9.10. The number of hydrazine groups is 1. The third-order valence-electron chi connectivity index (χ3n) is 4.13. The number of anilines is 1. The Balaban J connectivity index is 1.90. The molecule has 2 aromatic carbocycles. The third-order valence-corrected chi connectivity index (χ3v) is 5.00. The molecule has 0 saturated carbocycles. The standard InChI is InChI=1S/C20H18BrClN2O3/c1-3-12(2)27-18-16(21)10-13(11-17(18)22)9-15-19(25)23-24(20(15)26)14-7-5-4-6-8-14/h4-12H,3H2,1-2H3,(H,23,25)/b15-9-/t12-/m1/s1. The zero-order chi connectivity index (χ0) is 19.6. The van der Waals surface area contributed by atoms with Gasteiger partial charge in [0.1, 0.15) is 5.57 Å². The molecule has 1 aliphatic rings. The lowest BCUT2D eigenvalue weighted by Gasteiger charge is -2.16. The number of carbonyl (C=O) groups is 2. The number of ether oxygens (including phenoxy) is 1. The fourth-order valence-corrected chi connectivity index (χ4v) is 3.50. The molecule has 1 N–H and O–H groups in total. The van der Waals surface area contributed by atoms with Gasteiger partial charge in [-0.3, -0.25) is 15.0 Å². The van der Waals surface area contributed by atoms with Crippen molar-refractivity contribution >= 4 is 51.1 Å². The lowest BCUT2D eigenvalue weighted by atomic mass is 10.1. The van der Waals surface area contributed by atoms with Gasteiger partial charge in [0.05, 0.1) is 21.3 Å². The van der Waals surface area contributed by atoms with E-state index in [-0.39, 0.29) is 11.7 Å². The first kappa shape index (κ1) is 19.5. The quantitative estimate of drug-likeness (QED) is 0.530. The number of hydrogen-bond donors (Lipinski definition) is 1. The van der Waals surface area contributed by atoms with Crippen molar-refractivity contribution in [1.82, 2.24) is 5.43 Å². The molecule has 0 aromatic heterocycles. The summed E-state index contributed by atoms with van der Waals surface area (Å²) < 4.78 is 6.47.